The quantitative estimate of drug-likeness (QED) is 0.805. The van der Waals surface area contributed by atoms with E-state index in [0.29, 0.717) is 28.2 Å². The Bertz CT molecular complexity index is 867. The van der Waals surface area contributed by atoms with E-state index in [-0.39, 0.29) is 10.8 Å². The van der Waals surface area contributed by atoms with Gasteiger partial charge in [-0.3, -0.25) is 4.79 Å². The molecule has 0 amide bonds. The molecular formula is C21H26O4Si. The molecule has 0 bridgehead atoms. The minimum Gasteiger partial charge on any atom is -0.543 e. The summed E-state index contributed by atoms with van der Waals surface area (Å²) in [5.74, 6) is 0.717. The second kappa shape index (κ2) is 5.96. The summed E-state index contributed by atoms with van der Waals surface area (Å²) < 4.78 is 11.7. The number of hydrogen-bond donors (Lipinski definition) is 1. The van der Waals surface area contributed by atoms with Crippen LogP contribution < -0.4 is 9.16 Å². The van der Waals surface area contributed by atoms with Crippen molar-refractivity contribution in [1.29, 1.82) is 0 Å². The normalized spacial score (nSPS) is 19.6. The molecule has 0 spiro atoms. The smallest absolute Gasteiger partial charge is 0.250 e. The molecule has 0 saturated carbocycles. The van der Waals surface area contributed by atoms with Crippen molar-refractivity contribution in [2.75, 3.05) is 7.11 Å². The van der Waals surface area contributed by atoms with Gasteiger partial charge in [-0.25, -0.2) is 0 Å². The fraction of sp³-hybridized carbons (Fsp3) is 0.381. The Morgan fingerprint density at radius 1 is 0.962 bits per heavy atom. The Hall–Kier alpha value is -2.11. The first-order valence-electron chi connectivity index (χ1n) is 8.77. The zero-order chi connectivity index (χ0) is 19.3. The molecule has 1 N–H and O–H groups in total. The number of carbonyl (C=O) groups excluding carboxylic acids is 1. The van der Waals surface area contributed by atoms with E-state index in [1.54, 1.807) is 24.3 Å². The SMILES string of the molecule is COc1ccccc1C1(O)C(=O)c2c(O[Si](C)(C)C(C)(C)C)cccc21. The largest absolute Gasteiger partial charge is 0.543 e. The Morgan fingerprint density at radius 3 is 2.15 bits per heavy atom. The number of methoxy groups -OCH3 is 1. The number of benzene rings is 2. The standard InChI is InChI=1S/C21H26O4Si/c1-20(2,3)26(5,6)25-17-13-9-11-15-18(17)19(22)21(15,23)14-10-7-8-12-16(14)24-4/h7-13,23H,1-6H3. The van der Waals surface area contributed by atoms with Gasteiger partial charge in [0.2, 0.25) is 5.78 Å². The molecule has 2 aromatic carbocycles. The predicted molar refractivity (Wildman–Crippen MR) is 105 cm³/mol. The van der Waals surface area contributed by atoms with Crippen molar-refractivity contribution in [3.05, 3.63) is 59.2 Å². The zero-order valence-electron chi connectivity index (χ0n) is 16.2. The van der Waals surface area contributed by atoms with Gasteiger partial charge < -0.3 is 14.3 Å². The number of carbonyl (C=O) groups is 1. The highest BCUT2D eigenvalue weighted by atomic mass is 28.4. The average Bonchev–Trinajstić information content (AvgIpc) is 2.59. The summed E-state index contributed by atoms with van der Waals surface area (Å²) in [4.78, 5) is 13.0. The van der Waals surface area contributed by atoms with E-state index in [9.17, 15) is 9.90 Å². The Morgan fingerprint density at radius 2 is 1.54 bits per heavy atom. The maximum atomic E-state index is 13.0. The molecule has 0 heterocycles. The van der Waals surface area contributed by atoms with Crippen molar-refractivity contribution >= 4 is 14.1 Å². The molecule has 5 heteroatoms. The van der Waals surface area contributed by atoms with Crippen molar-refractivity contribution < 1.29 is 19.1 Å². The van der Waals surface area contributed by atoms with Crippen LogP contribution in [0.25, 0.3) is 0 Å². The highest BCUT2D eigenvalue weighted by Crippen LogP contribution is 2.51. The van der Waals surface area contributed by atoms with E-state index in [4.69, 9.17) is 9.16 Å². The molecule has 26 heavy (non-hydrogen) atoms. The highest BCUT2D eigenvalue weighted by Gasteiger charge is 2.55. The van der Waals surface area contributed by atoms with Gasteiger partial charge in [0.05, 0.1) is 12.7 Å². The lowest BCUT2D eigenvalue weighted by atomic mass is 9.67. The molecule has 1 atom stereocenters. The summed E-state index contributed by atoms with van der Waals surface area (Å²) in [6.45, 7) is 10.7. The first-order valence-corrected chi connectivity index (χ1v) is 11.7. The van der Waals surface area contributed by atoms with Crippen LogP contribution >= 0.6 is 0 Å². The molecule has 2 aromatic rings. The first kappa shape index (κ1) is 18.7. The maximum Gasteiger partial charge on any atom is 0.250 e. The monoisotopic (exact) mass is 370 g/mol. The lowest BCUT2D eigenvalue weighted by Crippen LogP contribution is -2.49. The van der Waals surface area contributed by atoms with Crippen molar-refractivity contribution in [3.63, 3.8) is 0 Å². The van der Waals surface area contributed by atoms with E-state index >= 15 is 0 Å². The molecule has 1 aliphatic carbocycles. The highest BCUT2D eigenvalue weighted by molar-refractivity contribution is 6.74. The van der Waals surface area contributed by atoms with Crippen LogP contribution in [0.5, 0.6) is 11.5 Å². The number of fused-ring (bicyclic) bond motifs is 1. The second-order valence-corrected chi connectivity index (χ2v) is 13.0. The average molecular weight is 371 g/mol. The topological polar surface area (TPSA) is 55.8 Å². The third-order valence-electron chi connectivity index (χ3n) is 5.64. The van der Waals surface area contributed by atoms with Crippen LogP contribution in [0.3, 0.4) is 0 Å². The van der Waals surface area contributed by atoms with Crippen molar-refractivity contribution in [1.82, 2.24) is 0 Å². The molecule has 138 valence electrons. The van der Waals surface area contributed by atoms with Crippen molar-refractivity contribution in [2.24, 2.45) is 0 Å². The molecule has 0 fully saturated rings. The molecular weight excluding hydrogens is 344 g/mol. The Balaban J connectivity index is 2.08. The van der Waals surface area contributed by atoms with Gasteiger partial charge >= 0.3 is 0 Å². The molecule has 4 nitrogen and oxygen atoms in total. The van der Waals surface area contributed by atoms with Crippen LogP contribution in [-0.2, 0) is 5.60 Å². The third kappa shape index (κ3) is 2.58. The van der Waals surface area contributed by atoms with Gasteiger partial charge in [0.15, 0.2) is 5.60 Å². The summed E-state index contributed by atoms with van der Waals surface area (Å²) in [6.07, 6.45) is 0. The Labute approximate surface area is 155 Å². The van der Waals surface area contributed by atoms with Crippen LogP contribution in [0, 0.1) is 0 Å². The summed E-state index contributed by atoms with van der Waals surface area (Å²) >= 11 is 0. The lowest BCUT2D eigenvalue weighted by Gasteiger charge is -2.42. The van der Waals surface area contributed by atoms with Gasteiger partial charge in [0.25, 0.3) is 8.32 Å². The number of ketones is 1. The molecule has 0 aromatic heterocycles. The second-order valence-electron chi connectivity index (χ2n) is 8.28. The van der Waals surface area contributed by atoms with Crippen LogP contribution in [0.1, 0.15) is 42.3 Å². The number of hydrogen-bond acceptors (Lipinski definition) is 4. The van der Waals surface area contributed by atoms with Gasteiger partial charge in [-0.15, -0.1) is 0 Å². The first-order chi connectivity index (χ1) is 12.0. The van der Waals surface area contributed by atoms with E-state index in [1.165, 1.54) is 7.11 Å². The van der Waals surface area contributed by atoms with Gasteiger partial charge in [0.1, 0.15) is 11.5 Å². The number of Topliss-reactive ketones (excluding diaryl/α,β-unsaturated/α-hetero) is 1. The number of rotatable bonds is 4. The number of aliphatic hydroxyl groups is 1. The minimum absolute atomic E-state index is 0.0154. The fourth-order valence-corrected chi connectivity index (χ4v) is 4.06. The van der Waals surface area contributed by atoms with Gasteiger partial charge in [0, 0.05) is 11.1 Å². The van der Waals surface area contributed by atoms with E-state index in [2.05, 4.69) is 33.9 Å². The minimum atomic E-state index is -2.10. The van der Waals surface area contributed by atoms with E-state index < -0.39 is 13.9 Å². The van der Waals surface area contributed by atoms with Gasteiger partial charge in [-0.1, -0.05) is 51.1 Å². The summed E-state index contributed by atoms with van der Waals surface area (Å²) in [6, 6.07) is 12.5. The van der Waals surface area contributed by atoms with Crippen LogP contribution in [0.2, 0.25) is 18.1 Å². The summed E-state index contributed by atoms with van der Waals surface area (Å²) in [7, 11) is -0.567. The van der Waals surface area contributed by atoms with Crippen LogP contribution in [-0.4, -0.2) is 26.3 Å². The van der Waals surface area contributed by atoms with Crippen LogP contribution in [0.15, 0.2) is 42.5 Å². The summed E-state index contributed by atoms with van der Waals surface area (Å²) in [5, 5.41) is 11.2. The maximum absolute atomic E-state index is 13.0. The molecule has 1 unspecified atom stereocenters. The molecule has 1 aliphatic rings. The molecule has 0 aliphatic heterocycles. The van der Waals surface area contributed by atoms with E-state index in [1.807, 2.05) is 18.2 Å². The molecule has 3 rings (SSSR count). The van der Waals surface area contributed by atoms with Gasteiger partial charge in [-0.05, 0) is 30.3 Å². The molecule has 0 radical (unpaired) electrons. The number of ether oxygens (including phenoxy) is 1. The lowest BCUT2D eigenvalue weighted by molar-refractivity contribution is 0.0363. The number of para-hydroxylation sites is 1. The van der Waals surface area contributed by atoms with Crippen molar-refractivity contribution in [3.8, 4) is 11.5 Å². The third-order valence-corrected chi connectivity index (χ3v) is 9.98. The van der Waals surface area contributed by atoms with Gasteiger partial charge in [-0.2, -0.15) is 0 Å². The van der Waals surface area contributed by atoms with E-state index in [0.717, 1.165) is 0 Å². The summed E-state index contributed by atoms with van der Waals surface area (Å²) in [5.41, 5.74) is -0.173. The van der Waals surface area contributed by atoms with Crippen molar-refractivity contribution in [2.45, 2.75) is 44.5 Å². The van der Waals surface area contributed by atoms with Crippen LogP contribution in [0.4, 0.5) is 0 Å². The zero-order valence-corrected chi connectivity index (χ0v) is 17.2. The Kier molecular flexibility index (Phi) is 4.28. The fourth-order valence-electron chi connectivity index (χ4n) is 3.03. The predicted octanol–water partition coefficient (Wildman–Crippen LogP) is 4.51. The molecule has 0 saturated heterocycles.